The van der Waals surface area contributed by atoms with Crippen LogP contribution in [-0.4, -0.2) is 35.1 Å². The molecule has 0 saturated heterocycles. The average molecular weight is 261 g/mol. The molecular weight excluding hydrogens is 234 g/mol. The van der Waals surface area contributed by atoms with Gasteiger partial charge in [-0.1, -0.05) is 12.8 Å². The average Bonchev–Trinajstić information content (AvgIpc) is 2.45. The zero-order chi connectivity index (χ0) is 13.7. The molecule has 0 spiro atoms. The Morgan fingerprint density at radius 1 is 1.26 bits per heavy atom. The number of nitrogens with zero attached hydrogens (tertiary/aromatic N) is 2. The smallest absolute Gasteiger partial charge is 0.0271 e. The molecular formula is C16H27N3. The van der Waals surface area contributed by atoms with Crippen molar-refractivity contribution in [3.63, 3.8) is 0 Å². The molecule has 1 aromatic rings. The van der Waals surface area contributed by atoms with E-state index in [9.17, 15) is 0 Å². The number of pyridine rings is 1. The SMILES string of the molecule is CC(C)N(C)C1CCCCC1NCc1ccncc1. The molecule has 1 aliphatic rings. The first kappa shape index (κ1) is 14.5. The van der Waals surface area contributed by atoms with Crippen LogP contribution in [0.15, 0.2) is 24.5 Å². The van der Waals surface area contributed by atoms with Gasteiger partial charge in [0.15, 0.2) is 0 Å². The van der Waals surface area contributed by atoms with E-state index in [1.54, 1.807) is 0 Å². The van der Waals surface area contributed by atoms with Gasteiger partial charge in [-0.05, 0) is 51.4 Å². The Hall–Kier alpha value is -0.930. The summed E-state index contributed by atoms with van der Waals surface area (Å²) in [7, 11) is 2.27. The number of likely N-dealkylation sites (N-methyl/N-ethyl adjacent to an activating group) is 1. The molecule has 2 rings (SSSR count). The Kier molecular flexibility index (Phi) is 5.34. The van der Waals surface area contributed by atoms with Crippen molar-refractivity contribution in [3.8, 4) is 0 Å². The van der Waals surface area contributed by atoms with E-state index in [1.807, 2.05) is 12.4 Å². The summed E-state index contributed by atoms with van der Waals surface area (Å²) in [6.07, 6.45) is 9.09. The molecule has 3 nitrogen and oxygen atoms in total. The summed E-state index contributed by atoms with van der Waals surface area (Å²) in [6.45, 7) is 5.53. The maximum absolute atomic E-state index is 4.07. The van der Waals surface area contributed by atoms with E-state index < -0.39 is 0 Å². The highest BCUT2D eigenvalue weighted by Crippen LogP contribution is 2.24. The second kappa shape index (κ2) is 7.01. The summed E-state index contributed by atoms with van der Waals surface area (Å²) in [4.78, 5) is 6.60. The summed E-state index contributed by atoms with van der Waals surface area (Å²) >= 11 is 0. The molecule has 19 heavy (non-hydrogen) atoms. The van der Waals surface area contributed by atoms with Crippen LogP contribution >= 0.6 is 0 Å². The van der Waals surface area contributed by atoms with Gasteiger partial charge < -0.3 is 5.32 Å². The number of rotatable bonds is 5. The van der Waals surface area contributed by atoms with Crippen LogP contribution in [0.1, 0.15) is 45.1 Å². The molecule has 0 radical (unpaired) electrons. The first-order valence-corrected chi connectivity index (χ1v) is 7.52. The van der Waals surface area contributed by atoms with Crippen LogP contribution in [0.2, 0.25) is 0 Å². The van der Waals surface area contributed by atoms with Gasteiger partial charge in [-0.25, -0.2) is 0 Å². The van der Waals surface area contributed by atoms with Crippen LogP contribution in [0.25, 0.3) is 0 Å². The molecule has 1 aliphatic carbocycles. The second-order valence-electron chi connectivity index (χ2n) is 5.95. The lowest BCUT2D eigenvalue weighted by atomic mass is 9.88. The molecule has 2 atom stereocenters. The van der Waals surface area contributed by atoms with Gasteiger partial charge in [-0.15, -0.1) is 0 Å². The monoisotopic (exact) mass is 261 g/mol. The van der Waals surface area contributed by atoms with Crippen molar-refractivity contribution >= 4 is 0 Å². The zero-order valence-electron chi connectivity index (χ0n) is 12.5. The van der Waals surface area contributed by atoms with Crippen LogP contribution in [0.3, 0.4) is 0 Å². The standard InChI is InChI=1S/C16H27N3/c1-13(2)19(3)16-7-5-4-6-15(16)18-12-14-8-10-17-11-9-14/h8-11,13,15-16,18H,4-7,12H2,1-3H3. The van der Waals surface area contributed by atoms with Crippen molar-refractivity contribution in [2.75, 3.05) is 7.05 Å². The van der Waals surface area contributed by atoms with Gasteiger partial charge in [-0.3, -0.25) is 9.88 Å². The second-order valence-corrected chi connectivity index (χ2v) is 5.95. The maximum Gasteiger partial charge on any atom is 0.0271 e. The normalized spacial score (nSPS) is 24.1. The fourth-order valence-corrected chi connectivity index (χ4v) is 2.97. The van der Waals surface area contributed by atoms with Gasteiger partial charge in [0.1, 0.15) is 0 Å². The number of nitrogens with one attached hydrogen (secondary N) is 1. The fourth-order valence-electron chi connectivity index (χ4n) is 2.97. The van der Waals surface area contributed by atoms with Crippen molar-refractivity contribution in [2.24, 2.45) is 0 Å². The van der Waals surface area contributed by atoms with Gasteiger partial charge in [0, 0.05) is 37.1 Å². The van der Waals surface area contributed by atoms with Gasteiger partial charge in [0.2, 0.25) is 0 Å². The molecule has 106 valence electrons. The van der Waals surface area contributed by atoms with Gasteiger partial charge in [-0.2, -0.15) is 0 Å². The third-order valence-electron chi connectivity index (χ3n) is 4.38. The summed E-state index contributed by atoms with van der Waals surface area (Å²) in [5.74, 6) is 0. The molecule has 0 aromatic carbocycles. The lowest BCUT2D eigenvalue weighted by Gasteiger charge is -2.40. The highest BCUT2D eigenvalue weighted by atomic mass is 15.2. The Balaban J connectivity index is 1.92. The Bertz CT molecular complexity index is 364. The van der Waals surface area contributed by atoms with E-state index in [-0.39, 0.29) is 0 Å². The minimum atomic E-state index is 0.619. The van der Waals surface area contributed by atoms with Gasteiger partial charge >= 0.3 is 0 Å². The van der Waals surface area contributed by atoms with Crippen molar-refractivity contribution in [1.29, 1.82) is 0 Å². The summed E-state index contributed by atoms with van der Waals surface area (Å²) in [5, 5.41) is 3.75. The van der Waals surface area contributed by atoms with Crippen molar-refractivity contribution in [1.82, 2.24) is 15.2 Å². The molecule has 0 aliphatic heterocycles. The molecule has 1 saturated carbocycles. The predicted octanol–water partition coefficient (Wildman–Crippen LogP) is 2.82. The summed E-state index contributed by atoms with van der Waals surface area (Å²) in [5.41, 5.74) is 1.33. The zero-order valence-corrected chi connectivity index (χ0v) is 12.5. The number of hydrogen-bond donors (Lipinski definition) is 1. The maximum atomic E-state index is 4.07. The Morgan fingerprint density at radius 2 is 1.95 bits per heavy atom. The summed E-state index contributed by atoms with van der Waals surface area (Å²) in [6, 6.07) is 6.10. The Labute approximate surface area is 117 Å². The lowest BCUT2D eigenvalue weighted by Crippen LogP contribution is -2.52. The highest BCUT2D eigenvalue weighted by Gasteiger charge is 2.28. The third kappa shape index (κ3) is 4.02. The fraction of sp³-hybridized carbons (Fsp3) is 0.688. The number of hydrogen-bond acceptors (Lipinski definition) is 3. The highest BCUT2D eigenvalue weighted by molar-refractivity contribution is 5.09. The van der Waals surface area contributed by atoms with E-state index in [0.29, 0.717) is 18.1 Å². The van der Waals surface area contributed by atoms with E-state index in [2.05, 4.69) is 48.2 Å². The molecule has 0 amide bonds. The van der Waals surface area contributed by atoms with Gasteiger partial charge in [0.05, 0.1) is 0 Å². The Morgan fingerprint density at radius 3 is 2.63 bits per heavy atom. The molecule has 1 N–H and O–H groups in total. The van der Waals surface area contributed by atoms with E-state index in [4.69, 9.17) is 0 Å². The van der Waals surface area contributed by atoms with Crippen LogP contribution in [0.5, 0.6) is 0 Å². The van der Waals surface area contributed by atoms with E-state index in [1.165, 1.54) is 31.2 Å². The van der Waals surface area contributed by atoms with Crippen LogP contribution in [-0.2, 0) is 6.54 Å². The first-order chi connectivity index (χ1) is 9.18. The van der Waals surface area contributed by atoms with Crippen molar-refractivity contribution < 1.29 is 0 Å². The predicted molar refractivity (Wildman–Crippen MR) is 80.0 cm³/mol. The van der Waals surface area contributed by atoms with Crippen molar-refractivity contribution in [2.45, 2.75) is 64.2 Å². The molecule has 1 fully saturated rings. The molecule has 1 aromatic heterocycles. The van der Waals surface area contributed by atoms with Crippen LogP contribution in [0.4, 0.5) is 0 Å². The minimum Gasteiger partial charge on any atom is -0.308 e. The van der Waals surface area contributed by atoms with Gasteiger partial charge in [0.25, 0.3) is 0 Å². The number of aromatic nitrogens is 1. The quantitative estimate of drug-likeness (QED) is 0.883. The topological polar surface area (TPSA) is 28.2 Å². The first-order valence-electron chi connectivity index (χ1n) is 7.52. The minimum absolute atomic E-state index is 0.619. The molecule has 2 unspecified atom stereocenters. The van der Waals surface area contributed by atoms with Crippen molar-refractivity contribution in [3.05, 3.63) is 30.1 Å². The van der Waals surface area contributed by atoms with E-state index >= 15 is 0 Å². The summed E-state index contributed by atoms with van der Waals surface area (Å²) < 4.78 is 0. The van der Waals surface area contributed by atoms with Crippen LogP contribution < -0.4 is 5.32 Å². The molecule has 1 heterocycles. The third-order valence-corrected chi connectivity index (χ3v) is 4.38. The van der Waals surface area contributed by atoms with Crippen LogP contribution in [0, 0.1) is 0 Å². The largest absolute Gasteiger partial charge is 0.308 e. The molecule has 0 bridgehead atoms. The van der Waals surface area contributed by atoms with E-state index in [0.717, 1.165) is 6.54 Å². The molecule has 3 heteroatoms. The lowest BCUT2D eigenvalue weighted by molar-refractivity contribution is 0.120.